The summed E-state index contributed by atoms with van der Waals surface area (Å²) in [5.41, 5.74) is 0.813. The van der Waals surface area contributed by atoms with Crippen LogP contribution in [0.15, 0.2) is 54.7 Å². The number of carbonyl (C=O) groups excluding carboxylic acids is 4. The molecule has 0 bridgehead atoms. The Balaban J connectivity index is 1.22. The molecule has 5 rings (SSSR count). The van der Waals surface area contributed by atoms with Gasteiger partial charge in [0.15, 0.2) is 0 Å². The number of hydrogen-bond donors (Lipinski definition) is 1. The van der Waals surface area contributed by atoms with Crippen molar-refractivity contribution in [2.45, 2.75) is 71.7 Å². The van der Waals surface area contributed by atoms with Gasteiger partial charge in [0.05, 0.1) is 12.1 Å². The minimum absolute atomic E-state index is 0.178. The Morgan fingerprint density at radius 2 is 1.40 bits per heavy atom. The highest BCUT2D eigenvalue weighted by atomic mass is 19.1. The van der Waals surface area contributed by atoms with Crippen molar-refractivity contribution in [3.8, 4) is 17.0 Å². The van der Waals surface area contributed by atoms with E-state index < -0.39 is 35.0 Å². The molecule has 2 saturated heterocycles. The molecule has 3 aromatic rings. The first kappa shape index (κ1) is 38.9. The molecular formula is C39H47F2N5O7. The molecule has 2 aromatic carbocycles. The van der Waals surface area contributed by atoms with Crippen molar-refractivity contribution in [3.63, 3.8) is 0 Å². The smallest absolute Gasteiger partial charge is 0.410 e. The number of amides is 4. The number of likely N-dealkylation sites (tertiary alicyclic amines) is 1. The fraction of sp³-hybridized carbons (Fsp3) is 0.462. The Hall–Kier alpha value is -5.27. The summed E-state index contributed by atoms with van der Waals surface area (Å²) < 4.78 is 45.4. The lowest BCUT2D eigenvalue weighted by molar-refractivity contribution is 0.0274. The number of hydrogen-bond acceptors (Lipinski definition) is 8. The fourth-order valence-electron chi connectivity index (χ4n) is 5.99. The first-order chi connectivity index (χ1) is 24.9. The Bertz CT molecular complexity index is 1820. The summed E-state index contributed by atoms with van der Waals surface area (Å²) in [5, 5.41) is 2.63. The first-order valence-corrected chi connectivity index (χ1v) is 17.7. The molecule has 2 aliphatic rings. The lowest BCUT2D eigenvalue weighted by Gasteiger charge is -2.35. The van der Waals surface area contributed by atoms with Gasteiger partial charge in [0.1, 0.15) is 28.9 Å². The number of alkyl carbamates (subject to hydrolysis) is 1. The van der Waals surface area contributed by atoms with E-state index in [1.54, 1.807) is 80.5 Å². The molecule has 0 aliphatic carbocycles. The molecule has 0 unspecified atom stereocenters. The van der Waals surface area contributed by atoms with Gasteiger partial charge in [0.2, 0.25) is 5.88 Å². The molecular weight excluding hydrogens is 688 g/mol. The number of benzene rings is 2. The van der Waals surface area contributed by atoms with Crippen molar-refractivity contribution in [3.05, 3.63) is 83.1 Å². The van der Waals surface area contributed by atoms with E-state index in [1.807, 2.05) is 0 Å². The maximum atomic E-state index is 14.5. The Morgan fingerprint density at radius 3 is 2.02 bits per heavy atom. The van der Waals surface area contributed by atoms with Crippen LogP contribution in [-0.4, -0.2) is 107 Å². The highest BCUT2D eigenvalue weighted by molar-refractivity contribution is 5.97. The fourth-order valence-corrected chi connectivity index (χ4v) is 5.99. The van der Waals surface area contributed by atoms with E-state index in [9.17, 15) is 28.0 Å². The number of piperazine rings is 1. The SMILES string of the molecule is CC(C)(C)OC(=O)NCCc1cc(F)cc(C(=O)N2CCN(C(=O)c3cnc(O[C@H]4CCN(C(=O)OC(C)(C)C)C4)c(-c4ccc(F)cc4)c3)CC2)c1. The second kappa shape index (κ2) is 16.2. The second-order valence-corrected chi connectivity index (χ2v) is 15.1. The average Bonchev–Trinajstić information content (AvgIpc) is 3.55. The van der Waals surface area contributed by atoms with Gasteiger partial charge >= 0.3 is 12.2 Å². The summed E-state index contributed by atoms with van der Waals surface area (Å²) in [6, 6.07) is 11.5. The van der Waals surface area contributed by atoms with E-state index in [2.05, 4.69) is 10.3 Å². The number of nitrogens with one attached hydrogen (secondary N) is 1. The van der Waals surface area contributed by atoms with Crippen LogP contribution in [0.3, 0.4) is 0 Å². The van der Waals surface area contributed by atoms with E-state index in [-0.39, 0.29) is 67.6 Å². The number of rotatable bonds is 8. The molecule has 14 heteroatoms. The number of halogens is 2. The monoisotopic (exact) mass is 735 g/mol. The summed E-state index contributed by atoms with van der Waals surface area (Å²) >= 11 is 0. The Morgan fingerprint density at radius 1 is 0.774 bits per heavy atom. The lowest BCUT2D eigenvalue weighted by atomic mass is 10.0. The Labute approximate surface area is 308 Å². The maximum Gasteiger partial charge on any atom is 0.410 e. The topological polar surface area (TPSA) is 131 Å². The van der Waals surface area contributed by atoms with Crippen molar-refractivity contribution in [1.29, 1.82) is 0 Å². The zero-order valence-electron chi connectivity index (χ0n) is 31.0. The highest BCUT2D eigenvalue weighted by Gasteiger charge is 2.32. The van der Waals surface area contributed by atoms with Crippen molar-refractivity contribution in [1.82, 2.24) is 25.0 Å². The molecule has 4 amide bonds. The predicted octanol–water partition coefficient (Wildman–Crippen LogP) is 6.08. The molecule has 2 aliphatic heterocycles. The summed E-state index contributed by atoms with van der Waals surface area (Å²) in [7, 11) is 0. The summed E-state index contributed by atoms with van der Waals surface area (Å²) in [4.78, 5) is 60.9. The Kier molecular flexibility index (Phi) is 11.9. The largest absolute Gasteiger partial charge is 0.472 e. The first-order valence-electron chi connectivity index (χ1n) is 17.7. The van der Waals surface area contributed by atoms with Gasteiger partial charge in [0.25, 0.3) is 11.8 Å². The zero-order valence-corrected chi connectivity index (χ0v) is 31.0. The molecule has 0 spiro atoms. The summed E-state index contributed by atoms with van der Waals surface area (Å²) in [5.74, 6) is -1.41. The predicted molar refractivity (Wildman–Crippen MR) is 193 cm³/mol. The van der Waals surface area contributed by atoms with Crippen LogP contribution >= 0.6 is 0 Å². The van der Waals surface area contributed by atoms with Crippen LogP contribution in [0.1, 0.15) is 74.2 Å². The van der Waals surface area contributed by atoms with Gasteiger partial charge in [-0.3, -0.25) is 9.59 Å². The van der Waals surface area contributed by atoms with Crippen LogP contribution in [-0.2, 0) is 15.9 Å². The van der Waals surface area contributed by atoms with Crippen LogP contribution < -0.4 is 10.1 Å². The number of nitrogens with zero attached hydrogens (tertiary/aromatic N) is 4. The van der Waals surface area contributed by atoms with E-state index in [4.69, 9.17) is 14.2 Å². The number of ether oxygens (including phenoxy) is 3. The minimum atomic E-state index is -0.647. The molecule has 3 heterocycles. The number of carbonyl (C=O) groups is 4. The van der Waals surface area contributed by atoms with Crippen molar-refractivity contribution in [2.75, 3.05) is 45.8 Å². The van der Waals surface area contributed by atoms with Gasteiger partial charge in [-0.25, -0.2) is 23.4 Å². The van der Waals surface area contributed by atoms with Crippen LogP contribution in [0.25, 0.3) is 11.1 Å². The van der Waals surface area contributed by atoms with Crippen molar-refractivity contribution >= 4 is 24.0 Å². The summed E-state index contributed by atoms with van der Waals surface area (Å²) in [6.45, 7) is 12.5. The maximum absolute atomic E-state index is 14.5. The van der Waals surface area contributed by atoms with E-state index in [0.29, 0.717) is 42.6 Å². The number of pyridine rings is 1. The molecule has 2 fully saturated rings. The van der Waals surface area contributed by atoms with Gasteiger partial charge in [-0.15, -0.1) is 0 Å². The third kappa shape index (κ3) is 10.9. The van der Waals surface area contributed by atoms with Crippen molar-refractivity contribution in [2.24, 2.45) is 0 Å². The third-order valence-electron chi connectivity index (χ3n) is 8.47. The molecule has 1 atom stereocenters. The third-order valence-corrected chi connectivity index (χ3v) is 8.47. The quantitative estimate of drug-likeness (QED) is 0.295. The van der Waals surface area contributed by atoms with Gasteiger partial charge in [-0.2, -0.15) is 0 Å². The molecule has 53 heavy (non-hydrogen) atoms. The van der Waals surface area contributed by atoms with Crippen LogP contribution in [0.5, 0.6) is 5.88 Å². The standard InChI is InChI=1S/C39H47F2N5O7/c1-38(2,3)52-36(49)42-13-11-25-19-27(21-30(41)20-25)34(47)44-15-17-45(18-16-44)35(48)28-22-32(26-7-9-29(40)10-8-26)33(43-23-28)51-31-12-14-46(24-31)37(50)53-39(4,5)6/h7-10,19-23,31H,11-18,24H2,1-6H3,(H,42,49)/t31-/m0/s1. The average molecular weight is 736 g/mol. The van der Waals surface area contributed by atoms with Crippen molar-refractivity contribution < 1.29 is 42.2 Å². The van der Waals surface area contributed by atoms with Gasteiger partial charge < -0.3 is 34.2 Å². The molecule has 1 aromatic heterocycles. The highest BCUT2D eigenvalue weighted by Crippen LogP contribution is 2.32. The normalized spacial score (nSPS) is 16.3. The van der Waals surface area contributed by atoms with Crippen LogP contribution in [0, 0.1) is 11.6 Å². The zero-order chi connectivity index (χ0) is 38.5. The molecule has 0 radical (unpaired) electrons. The van der Waals surface area contributed by atoms with E-state index >= 15 is 0 Å². The molecule has 284 valence electrons. The van der Waals surface area contributed by atoms with Crippen LogP contribution in [0.2, 0.25) is 0 Å². The molecule has 12 nitrogen and oxygen atoms in total. The minimum Gasteiger partial charge on any atom is -0.472 e. The molecule has 0 saturated carbocycles. The van der Waals surface area contributed by atoms with Gasteiger partial charge in [-0.05, 0) is 95.5 Å². The second-order valence-electron chi connectivity index (χ2n) is 15.1. The summed E-state index contributed by atoms with van der Waals surface area (Å²) in [6.07, 6.45) is 0.891. The van der Waals surface area contributed by atoms with Crippen LogP contribution in [0.4, 0.5) is 18.4 Å². The number of aromatic nitrogens is 1. The van der Waals surface area contributed by atoms with E-state index in [1.165, 1.54) is 30.5 Å². The van der Waals surface area contributed by atoms with Gasteiger partial charge in [-0.1, -0.05) is 12.1 Å². The lowest BCUT2D eigenvalue weighted by Crippen LogP contribution is -2.50. The van der Waals surface area contributed by atoms with Gasteiger partial charge in [0, 0.05) is 63.0 Å². The van der Waals surface area contributed by atoms with E-state index in [0.717, 1.165) is 0 Å². The molecule has 1 N–H and O–H groups in total.